The van der Waals surface area contributed by atoms with Crippen LogP contribution < -0.4 is 5.32 Å². The van der Waals surface area contributed by atoms with Gasteiger partial charge in [-0.1, -0.05) is 28.1 Å². The number of benzene rings is 1. The summed E-state index contributed by atoms with van der Waals surface area (Å²) in [5, 5.41) is 12.5. The van der Waals surface area contributed by atoms with Crippen LogP contribution in [0, 0.1) is 11.3 Å². The standard InChI is InChI=1S/C13H13BrN2/c14-11-6-7-13(10(8-11)9-15)16-12-4-2-1-3-5-12/h1-2,6-8,12,16H,3-5H2. The Morgan fingerprint density at radius 3 is 2.94 bits per heavy atom. The van der Waals surface area contributed by atoms with Crippen molar-refractivity contribution in [3.8, 4) is 6.07 Å². The summed E-state index contributed by atoms with van der Waals surface area (Å²) in [5.41, 5.74) is 1.63. The first-order valence-corrected chi connectivity index (χ1v) is 6.20. The number of hydrogen-bond donors (Lipinski definition) is 1. The molecule has 0 fully saturated rings. The summed E-state index contributed by atoms with van der Waals surface area (Å²) in [4.78, 5) is 0. The van der Waals surface area contributed by atoms with Crippen molar-refractivity contribution in [3.05, 3.63) is 40.4 Å². The van der Waals surface area contributed by atoms with E-state index in [-0.39, 0.29) is 0 Å². The highest BCUT2D eigenvalue weighted by Crippen LogP contribution is 2.23. The van der Waals surface area contributed by atoms with Gasteiger partial charge >= 0.3 is 0 Å². The molecule has 1 aromatic carbocycles. The van der Waals surface area contributed by atoms with E-state index in [2.05, 4.69) is 39.5 Å². The van der Waals surface area contributed by atoms with Gasteiger partial charge in [-0.15, -0.1) is 0 Å². The topological polar surface area (TPSA) is 35.8 Å². The zero-order valence-corrected chi connectivity index (χ0v) is 10.5. The lowest BCUT2D eigenvalue weighted by atomic mass is 10.0. The lowest BCUT2D eigenvalue weighted by Gasteiger charge is -2.21. The SMILES string of the molecule is N#Cc1cc(Br)ccc1NC1CC=CCC1. The third-order valence-corrected chi connectivity index (χ3v) is 3.22. The molecule has 1 N–H and O–H groups in total. The first-order valence-electron chi connectivity index (χ1n) is 5.41. The van der Waals surface area contributed by atoms with Crippen LogP contribution in [-0.4, -0.2) is 6.04 Å². The average molecular weight is 277 g/mol. The lowest BCUT2D eigenvalue weighted by Crippen LogP contribution is -2.20. The minimum Gasteiger partial charge on any atom is -0.381 e. The van der Waals surface area contributed by atoms with Crippen molar-refractivity contribution in [2.75, 3.05) is 5.32 Å². The Balaban J connectivity index is 2.15. The van der Waals surface area contributed by atoms with Crippen molar-refractivity contribution in [1.29, 1.82) is 5.26 Å². The van der Waals surface area contributed by atoms with Gasteiger partial charge in [-0.2, -0.15) is 5.26 Å². The summed E-state index contributed by atoms with van der Waals surface area (Å²) in [6.07, 6.45) is 7.71. The predicted molar refractivity (Wildman–Crippen MR) is 69.3 cm³/mol. The predicted octanol–water partition coefficient (Wildman–Crippen LogP) is 3.84. The summed E-state index contributed by atoms with van der Waals surface area (Å²) in [6, 6.07) is 8.44. The van der Waals surface area contributed by atoms with Crippen LogP contribution in [-0.2, 0) is 0 Å². The average Bonchev–Trinajstić information content (AvgIpc) is 2.33. The van der Waals surface area contributed by atoms with Crippen LogP contribution in [0.2, 0.25) is 0 Å². The van der Waals surface area contributed by atoms with Crippen LogP contribution >= 0.6 is 15.9 Å². The molecule has 0 heterocycles. The second-order valence-electron chi connectivity index (χ2n) is 3.93. The number of allylic oxidation sites excluding steroid dienone is 1. The molecule has 0 saturated carbocycles. The molecule has 1 unspecified atom stereocenters. The maximum Gasteiger partial charge on any atom is 0.101 e. The summed E-state index contributed by atoms with van der Waals surface area (Å²) in [7, 11) is 0. The van der Waals surface area contributed by atoms with Gasteiger partial charge in [0.2, 0.25) is 0 Å². The number of rotatable bonds is 2. The molecule has 0 saturated heterocycles. The fourth-order valence-electron chi connectivity index (χ4n) is 1.88. The summed E-state index contributed by atoms with van der Waals surface area (Å²) in [5.74, 6) is 0. The Labute approximate surface area is 104 Å². The van der Waals surface area contributed by atoms with Crippen molar-refractivity contribution < 1.29 is 0 Å². The van der Waals surface area contributed by atoms with Crippen LogP contribution in [0.5, 0.6) is 0 Å². The largest absolute Gasteiger partial charge is 0.381 e. The van der Waals surface area contributed by atoms with E-state index in [1.54, 1.807) is 0 Å². The molecule has 1 aliphatic rings. The quantitative estimate of drug-likeness (QED) is 0.834. The normalized spacial score (nSPS) is 19.1. The van der Waals surface area contributed by atoms with E-state index in [0.717, 1.165) is 29.4 Å². The third-order valence-electron chi connectivity index (χ3n) is 2.73. The number of nitrogens with zero attached hydrogens (tertiary/aromatic N) is 1. The van der Waals surface area contributed by atoms with E-state index in [1.165, 1.54) is 0 Å². The number of nitriles is 1. The Kier molecular flexibility index (Phi) is 3.63. The van der Waals surface area contributed by atoms with E-state index >= 15 is 0 Å². The first kappa shape index (κ1) is 11.2. The lowest BCUT2D eigenvalue weighted by molar-refractivity contribution is 0.644. The van der Waals surface area contributed by atoms with Crippen molar-refractivity contribution in [2.45, 2.75) is 25.3 Å². The monoisotopic (exact) mass is 276 g/mol. The fraction of sp³-hybridized carbons (Fsp3) is 0.308. The molecule has 82 valence electrons. The smallest absolute Gasteiger partial charge is 0.101 e. The highest BCUT2D eigenvalue weighted by atomic mass is 79.9. The zero-order chi connectivity index (χ0) is 11.4. The Morgan fingerprint density at radius 1 is 1.38 bits per heavy atom. The van der Waals surface area contributed by atoms with Crippen LogP contribution in [0.1, 0.15) is 24.8 Å². The van der Waals surface area contributed by atoms with Crippen LogP contribution in [0.15, 0.2) is 34.8 Å². The van der Waals surface area contributed by atoms with Gasteiger partial charge in [0.05, 0.1) is 11.3 Å². The molecule has 3 heteroatoms. The van der Waals surface area contributed by atoms with Crippen molar-refractivity contribution >= 4 is 21.6 Å². The Hall–Kier alpha value is -1.27. The molecule has 1 atom stereocenters. The van der Waals surface area contributed by atoms with Gasteiger partial charge in [0.1, 0.15) is 6.07 Å². The van der Waals surface area contributed by atoms with Crippen LogP contribution in [0.25, 0.3) is 0 Å². The Morgan fingerprint density at radius 2 is 2.25 bits per heavy atom. The summed E-state index contributed by atoms with van der Waals surface area (Å²) < 4.78 is 0.943. The van der Waals surface area contributed by atoms with Gasteiger partial charge in [-0.05, 0) is 37.5 Å². The van der Waals surface area contributed by atoms with Gasteiger partial charge < -0.3 is 5.32 Å². The maximum atomic E-state index is 9.05. The van der Waals surface area contributed by atoms with Gasteiger partial charge in [0.25, 0.3) is 0 Å². The van der Waals surface area contributed by atoms with Crippen LogP contribution in [0.3, 0.4) is 0 Å². The van der Waals surface area contributed by atoms with E-state index in [4.69, 9.17) is 5.26 Å². The molecular formula is C13H13BrN2. The highest BCUT2D eigenvalue weighted by Gasteiger charge is 2.11. The highest BCUT2D eigenvalue weighted by molar-refractivity contribution is 9.10. The molecule has 16 heavy (non-hydrogen) atoms. The Bertz CT molecular complexity index is 446. The number of halogens is 1. The zero-order valence-electron chi connectivity index (χ0n) is 8.91. The molecule has 0 radical (unpaired) electrons. The van der Waals surface area contributed by atoms with Gasteiger partial charge in [-0.3, -0.25) is 0 Å². The molecule has 1 aromatic rings. The molecule has 0 spiro atoms. The fourth-order valence-corrected chi connectivity index (χ4v) is 2.24. The van der Waals surface area contributed by atoms with Crippen molar-refractivity contribution in [2.24, 2.45) is 0 Å². The minimum atomic E-state index is 0.457. The van der Waals surface area contributed by atoms with E-state index in [9.17, 15) is 0 Å². The molecule has 1 aliphatic carbocycles. The minimum absolute atomic E-state index is 0.457. The first-order chi connectivity index (χ1) is 7.79. The van der Waals surface area contributed by atoms with E-state index < -0.39 is 0 Å². The van der Waals surface area contributed by atoms with Crippen LogP contribution in [0.4, 0.5) is 5.69 Å². The molecule has 0 bridgehead atoms. The van der Waals surface area contributed by atoms with Gasteiger partial charge in [-0.25, -0.2) is 0 Å². The molecular weight excluding hydrogens is 264 g/mol. The molecule has 0 aromatic heterocycles. The molecule has 2 rings (SSSR count). The maximum absolute atomic E-state index is 9.05. The third kappa shape index (κ3) is 2.65. The van der Waals surface area contributed by atoms with Gasteiger partial charge in [0, 0.05) is 10.5 Å². The summed E-state index contributed by atoms with van der Waals surface area (Å²) in [6.45, 7) is 0. The van der Waals surface area contributed by atoms with Crippen molar-refractivity contribution in [1.82, 2.24) is 0 Å². The second-order valence-corrected chi connectivity index (χ2v) is 4.84. The van der Waals surface area contributed by atoms with Gasteiger partial charge in [0.15, 0.2) is 0 Å². The molecule has 2 nitrogen and oxygen atoms in total. The number of anilines is 1. The van der Waals surface area contributed by atoms with E-state index in [0.29, 0.717) is 11.6 Å². The molecule has 0 aliphatic heterocycles. The number of hydrogen-bond acceptors (Lipinski definition) is 2. The summed E-state index contributed by atoms with van der Waals surface area (Å²) >= 11 is 3.37. The molecule has 0 amide bonds. The van der Waals surface area contributed by atoms with Crippen molar-refractivity contribution in [3.63, 3.8) is 0 Å². The second kappa shape index (κ2) is 5.18. The number of nitrogens with one attached hydrogen (secondary N) is 1. The van der Waals surface area contributed by atoms with E-state index in [1.807, 2.05) is 18.2 Å².